The Bertz CT molecular complexity index is 4310. The quantitative estimate of drug-likeness (QED) is 0.156. The van der Waals surface area contributed by atoms with Gasteiger partial charge in [-0.1, -0.05) is 146 Å². The predicted octanol–water partition coefficient (Wildman–Crippen LogP) is 19.3. The summed E-state index contributed by atoms with van der Waals surface area (Å²) in [4.78, 5) is 4.74. The van der Waals surface area contributed by atoms with E-state index in [0.29, 0.717) is 0 Å². The van der Waals surface area contributed by atoms with Crippen LogP contribution >= 0.6 is 0 Å². The number of nitrogens with zero attached hydrogens (tertiary/aromatic N) is 2. The van der Waals surface area contributed by atoms with E-state index in [2.05, 4.69) is 252 Å². The molecule has 15 rings (SSSR count). The summed E-state index contributed by atoms with van der Waals surface area (Å²) in [5.41, 5.74) is 9.98. The first-order valence-electron chi connectivity index (χ1n) is 23.9. The number of hydrogen-bond donors (Lipinski definition) is 0. The number of hydrogen-bond acceptors (Lipinski definition) is 4. The molecule has 2 aromatic heterocycles. The van der Waals surface area contributed by atoms with E-state index >= 15 is 0 Å². The summed E-state index contributed by atoms with van der Waals surface area (Å²) in [6.45, 7) is 0. The van der Waals surface area contributed by atoms with Gasteiger partial charge in [0.05, 0.1) is 11.4 Å². The zero-order valence-electron chi connectivity index (χ0n) is 37.8. The molecule has 70 heavy (non-hydrogen) atoms. The number of furan rings is 2. The van der Waals surface area contributed by atoms with E-state index in [-0.39, 0.29) is 0 Å². The van der Waals surface area contributed by atoms with Crippen molar-refractivity contribution in [2.24, 2.45) is 0 Å². The molecule has 0 spiro atoms. The van der Waals surface area contributed by atoms with Crippen molar-refractivity contribution in [2.45, 2.75) is 0 Å². The molecule has 0 saturated carbocycles. The molecule has 0 fully saturated rings. The lowest BCUT2D eigenvalue weighted by atomic mass is 9.99. The van der Waals surface area contributed by atoms with Gasteiger partial charge in [-0.15, -0.1) is 0 Å². The molecule has 0 bridgehead atoms. The highest BCUT2D eigenvalue weighted by molar-refractivity contribution is 6.19. The van der Waals surface area contributed by atoms with Crippen molar-refractivity contribution in [1.82, 2.24) is 0 Å². The molecule has 15 aromatic rings. The van der Waals surface area contributed by atoms with Crippen LogP contribution in [0.5, 0.6) is 0 Å². The van der Waals surface area contributed by atoms with Crippen molar-refractivity contribution in [2.75, 3.05) is 9.80 Å². The number of benzene rings is 13. The van der Waals surface area contributed by atoms with E-state index in [1.165, 1.54) is 43.1 Å². The summed E-state index contributed by atoms with van der Waals surface area (Å²) < 4.78 is 13.5. The Labute approximate surface area is 402 Å². The number of para-hydroxylation sites is 2. The van der Waals surface area contributed by atoms with Gasteiger partial charge in [-0.05, 0) is 151 Å². The van der Waals surface area contributed by atoms with Crippen LogP contribution in [0, 0.1) is 0 Å². The molecule has 0 aliphatic rings. The van der Waals surface area contributed by atoms with Gasteiger partial charge in [0.25, 0.3) is 0 Å². The lowest BCUT2D eigenvalue weighted by Crippen LogP contribution is -2.10. The zero-order valence-corrected chi connectivity index (χ0v) is 37.8. The van der Waals surface area contributed by atoms with E-state index in [9.17, 15) is 0 Å². The number of rotatable bonds is 6. The minimum atomic E-state index is 0.839. The SMILES string of the molecule is c1ccc(N(c2ccc3cc4c(cc3c2)oc2cc3c(cc24)oc2cc4cc(N(c5ccccc5)c5cccc6c5ccc5ccccc56)ccc4cc23)c2cccc3c2ccc2ccccc23)cc1. The molecule has 2 heterocycles. The summed E-state index contributed by atoms with van der Waals surface area (Å²) in [6, 6.07) is 87.5. The fourth-order valence-electron chi connectivity index (χ4n) is 11.2. The van der Waals surface area contributed by atoms with Gasteiger partial charge in [0.15, 0.2) is 0 Å². The molecule has 4 nitrogen and oxygen atoms in total. The summed E-state index contributed by atoms with van der Waals surface area (Å²) >= 11 is 0. The Balaban J connectivity index is 0.832. The lowest BCUT2D eigenvalue weighted by Gasteiger charge is -2.27. The molecule has 4 heteroatoms. The molecular weight excluding hydrogens is 853 g/mol. The van der Waals surface area contributed by atoms with Crippen LogP contribution in [-0.2, 0) is 0 Å². The second-order valence-corrected chi connectivity index (χ2v) is 18.5. The summed E-state index contributed by atoms with van der Waals surface area (Å²) in [6.07, 6.45) is 0. The topological polar surface area (TPSA) is 32.8 Å². The first-order chi connectivity index (χ1) is 34.7. The lowest BCUT2D eigenvalue weighted by molar-refractivity contribution is 0.664. The highest BCUT2D eigenvalue weighted by atomic mass is 16.3. The average molecular weight is 893 g/mol. The summed E-state index contributed by atoms with van der Waals surface area (Å²) in [5.74, 6) is 0. The van der Waals surface area contributed by atoms with Gasteiger partial charge in [0, 0.05) is 55.1 Å². The molecule has 0 radical (unpaired) electrons. The van der Waals surface area contributed by atoms with Crippen molar-refractivity contribution >= 4 is 143 Å². The van der Waals surface area contributed by atoms with E-state index < -0.39 is 0 Å². The van der Waals surface area contributed by atoms with Crippen molar-refractivity contribution in [3.8, 4) is 0 Å². The maximum Gasteiger partial charge on any atom is 0.136 e. The molecule has 13 aromatic carbocycles. The smallest absolute Gasteiger partial charge is 0.136 e. The monoisotopic (exact) mass is 892 g/mol. The average Bonchev–Trinajstić information content (AvgIpc) is 3.95. The molecule has 0 aliphatic heterocycles. The van der Waals surface area contributed by atoms with Crippen LogP contribution in [0.3, 0.4) is 0 Å². The van der Waals surface area contributed by atoms with Crippen LogP contribution in [0.4, 0.5) is 34.1 Å². The van der Waals surface area contributed by atoms with Gasteiger partial charge in [0.2, 0.25) is 0 Å². The third-order valence-electron chi connectivity index (χ3n) is 14.5. The standard InChI is InChI=1S/C66H40N2O2/c1-3-15-47(16-4-1)67(61-23-11-21-53-51-19-9-7-13-41(51)27-31-55(53)61)49-29-25-43-35-57-59-39-66-60(40-65(59)69-63(57)37-45(43)33-49)58-36-44-26-30-50(34-46(44)38-64(58)70-66)68(48-17-5-2-6-18-48)62-24-12-22-54-52-20-10-8-14-42(52)28-32-56(54)62/h1-40H. The van der Waals surface area contributed by atoms with Crippen molar-refractivity contribution < 1.29 is 8.83 Å². The first-order valence-corrected chi connectivity index (χ1v) is 23.9. The Morgan fingerprint density at radius 1 is 0.200 bits per heavy atom. The predicted molar refractivity (Wildman–Crippen MR) is 295 cm³/mol. The number of fused-ring (bicyclic) bond motifs is 14. The van der Waals surface area contributed by atoms with E-state index in [0.717, 1.165) is 99.5 Å². The van der Waals surface area contributed by atoms with Crippen LogP contribution in [0.2, 0.25) is 0 Å². The van der Waals surface area contributed by atoms with Crippen LogP contribution in [0.15, 0.2) is 251 Å². The zero-order chi connectivity index (χ0) is 45.9. The maximum absolute atomic E-state index is 6.76. The van der Waals surface area contributed by atoms with E-state index in [1.54, 1.807) is 0 Å². The fourth-order valence-corrected chi connectivity index (χ4v) is 11.2. The highest BCUT2D eigenvalue weighted by Gasteiger charge is 2.21. The van der Waals surface area contributed by atoms with Crippen LogP contribution in [-0.4, -0.2) is 0 Å². The van der Waals surface area contributed by atoms with Gasteiger partial charge < -0.3 is 18.6 Å². The Kier molecular flexibility index (Phi) is 8.33. The van der Waals surface area contributed by atoms with Gasteiger partial charge >= 0.3 is 0 Å². The van der Waals surface area contributed by atoms with Crippen molar-refractivity contribution in [3.05, 3.63) is 243 Å². The molecular formula is C66H40N2O2. The summed E-state index contributed by atoms with van der Waals surface area (Å²) in [7, 11) is 0. The fraction of sp³-hybridized carbons (Fsp3) is 0. The van der Waals surface area contributed by atoms with Gasteiger partial charge in [-0.2, -0.15) is 0 Å². The molecule has 0 aliphatic carbocycles. The minimum Gasteiger partial charge on any atom is -0.456 e. The van der Waals surface area contributed by atoms with Crippen LogP contribution < -0.4 is 9.80 Å². The third-order valence-corrected chi connectivity index (χ3v) is 14.5. The Hall–Kier alpha value is -9.38. The minimum absolute atomic E-state index is 0.839. The van der Waals surface area contributed by atoms with Crippen molar-refractivity contribution in [1.29, 1.82) is 0 Å². The Morgan fingerprint density at radius 3 is 1.06 bits per heavy atom. The van der Waals surface area contributed by atoms with Gasteiger partial charge in [-0.3, -0.25) is 0 Å². The molecule has 326 valence electrons. The van der Waals surface area contributed by atoms with Crippen LogP contribution in [0.1, 0.15) is 0 Å². The third kappa shape index (κ3) is 5.97. The van der Waals surface area contributed by atoms with Gasteiger partial charge in [-0.25, -0.2) is 0 Å². The van der Waals surface area contributed by atoms with Crippen molar-refractivity contribution in [3.63, 3.8) is 0 Å². The highest BCUT2D eigenvalue weighted by Crippen LogP contribution is 2.45. The molecule has 0 N–H and O–H groups in total. The normalized spacial score (nSPS) is 12.0. The Morgan fingerprint density at radius 2 is 0.586 bits per heavy atom. The largest absolute Gasteiger partial charge is 0.456 e. The molecule has 0 atom stereocenters. The number of anilines is 6. The van der Waals surface area contributed by atoms with E-state index in [1.807, 2.05) is 0 Å². The summed E-state index contributed by atoms with van der Waals surface area (Å²) in [5, 5.41) is 18.6. The second kappa shape index (κ2) is 15.1. The van der Waals surface area contributed by atoms with Crippen LogP contribution in [0.25, 0.3) is 109 Å². The maximum atomic E-state index is 6.76. The molecule has 0 saturated heterocycles. The van der Waals surface area contributed by atoms with E-state index in [4.69, 9.17) is 8.83 Å². The molecule has 0 amide bonds. The van der Waals surface area contributed by atoms with Gasteiger partial charge in [0.1, 0.15) is 22.3 Å². The first kappa shape index (κ1) is 38.7. The second-order valence-electron chi connectivity index (χ2n) is 18.5. The molecule has 0 unspecified atom stereocenters.